The molecule has 0 spiro atoms. The zero-order valence-electron chi connectivity index (χ0n) is 12.2. The number of rotatable bonds is 4. The summed E-state index contributed by atoms with van der Waals surface area (Å²) < 4.78 is 0. The molecule has 0 unspecified atom stereocenters. The molecular weight excluding hydrogens is 290 g/mol. The molecule has 1 heterocycles. The fourth-order valence-electron chi connectivity index (χ4n) is 2.25. The number of hydroxylamine groups is 2. The van der Waals surface area contributed by atoms with Gasteiger partial charge in [-0.1, -0.05) is 6.07 Å². The van der Waals surface area contributed by atoms with Crippen LogP contribution in [0.2, 0.25) is 0 Å². The molecule has 1 aromatic rings. The first kappa shape index (κ1) is 16.1. The van der Waals surface area contributed by atoms with Crippen molar-refractivity contribution in [2.24, 2.45) is 5.92 Å². The lowest BCUT2D eigenvalue weighted by molar-refractivity contribution is -0.117. The second-order valence-corrected chi connectivity index (χ2v) is 5.61. The Morgan fingerprint density at radius 3 is 2.62 bits per heavy atom. The van der Waals surface area contributed by atoms with E-state index in [-0.39, 0.29) is 24.2 Å². The molecule has 6 heteroatoms. The minimum Gasteiger partial charge on any atom is -0.406 e. The van der Waals surface area contributed by atoms with Gasteiger partial charge in [0.25, 0.3) is 0 Å². The van der Waals surface area contributed by atoms with Crippen LogP contribution in [0.1, 0.15) is 12.8 Å². The normalized spacial score (nSPS) is 19.7. The van der Waals surface area contributed by atoms with Crippen molar-refractivity contribution in [1.29, 1.82) is 0 Å². The van der Waals surface area contributed by atoms with Gasteiger partial charge in [0.05, 0.1) is 0 Å². The third kappa shape index (κ3) is 4.59. The molecule has 1 N–H and O–H groups in total. The van der Waals surface area contributed by atoms with E-state index < -0.39 is 0 Å². The number of benzene rings is 1. The Kier molecular flexibility index (Phi) is 5.45. The van der Waals surface area contributed by atoms with Crippen molar-refractivity contribution in [3.8, 4) is 5.75 Å². The fourth-order valence-corrected chi connectivity index (χ4v) is 2.25. The van der Waals surface area contributed by atoms with Crippen molar-refractivity contribution in [1.82, 2.24) is 9.96 Å². The molecule has 2 fully saturated rings. The summed E-state index contributed by atoms with van der Waals surface area (Å²) in [6.07, 6.45) is 2.03. The van der Waals surface area contributed by atoms with Gasteiger partial charge in [-0.05, 0) is 32.0 Å². The Morgan fingerprint density at radius 2 is 1.95 bits per heavy atom. The number of anilines is 1. The minimum atomic E-state index is 0. The molecule has 0 atom stereocenters. The maximum Gasteiger partial charge on any atom is 0.227 e. The molecule has 5 nitrogen and oxygen atoms in total. The number of hydrogen-bond donors (Lipinski definition) is 1. The maximum absolute atomic E-state index is 11.7. The second kappa shape index (κ2) is 7.11. The average molecular weight is 312 g/mol. The molecule has 1 amide bonds. The Labute approximate surface area is 131 Å². The highest BCUT2D eigenvalue weighted by Crippen LogP contribution is 2.30. The molecule has 1 saturated heterocycles. The largest absolute Gasteiger partial charge is 0.406 e. The van der Waals surface area contributed by atoms with Crippen LogP contribution in [-0.2, 0) is 4.79 Å². The Hall–Kier alpha value is -1.30. The summed E-state index contributed by atoms with van der Waals surface area (Å²) in [5.74, 6) is 1.13. The summed E-state index contributed by atoms with van der Waals surface area (Å²) in [7, 11) is 2.12. The standard InChI is InChI=1S/C15H21N3O2.ClH/c1-17-7-9-18(10-8-17)20-14-4-2-3-13(11-14)16-15(19)12-5-6-12;/h2-4,11-12H,5-10H2,1H3,(H,16,19);1H. The number of likely N-dealkylation sites (N-methyl/N-ethyl adjacent to an activating group) is 1. The van der Waals surface area contributed by atoms with Crippen molar-refractivity contribution in [3.05, 3.63) is 24.3 Å². The maximum atomic E-state index is 11.7. The summed E-state index contributed by atoms with van der Waals surface area (Å²) in [5.41, 5.74) is 0.813. The first-order valence-electron chi connectivity index (χ1n) is 7.23. The minimum absolute atomic E-state index is 0. The van der Waals surface area contributed by atoms with Gasteiger partial charge >= 0.3 is 0 Å². The van der Waals surface area contributed by atoms with Gasteiger partial charge in [0.2, 0.25) is 5.91 Å². The summed E-state index contributed by atoms with van der Waals surface area (Å²) in [5, 5.41) is 4.92. The van der Waals surface area contributed by atoms with Crippen LogP contribution >= 0.6 is 12.4 Å². The van der Waals surface area contributed by atoms with Crippen LogP contribution in [0.3, 0.4) is 0 Å². The van der Waals surface area contributed by atoms with E-state index in [1.807, 2.05) is 29.3 Å². The molecule has 3 rings (SSSR count). The van der Waals surface area contributed by atoms with Crippen LogP contribution in [-0.4, -0.2) is 49.1 Å². The van der Waals surface area contributed by atoms with Crippen LogP contribution < -0.4 is 10.2 Å². The highest BCUT2D eigenvalue weighted by atomic mass is 35.5. The third-order valence-corrected chi connectivity index (χ3v) is 3.75. The smallest absolute Gasteiger partial charge is 0.227 e. The predicted molar refractivity (Wildman–Crippen MR) is 84.7 cm³/mol. The van der Waals surface area contributed by atoms with Gasteiger partial charge in [-0.25, -0.2) is 0 Å². The molecule has 0 aromatic heterocycles. The zero-order chi connectivity index (χ0) is 13.9. The summed E-state index contributed by atoms with van der Waals surface area (Å²) in [6, 6.07) is 7.62. The highest BCUT2D eigenvalue weighted by molar-refractivity contribution is 5.94. The number of amides is 1. The summed E-state index contributed by atoms with van der Waals surface area (Å²) in [6.45, 7) is 3.82. The number of nitrogens with zero attached hydrogens (tertiary/aromatic N) is 2. The summed E-state index contributed by atoms with van der Waals surface area (Å²) in [4.78, 5) is 19.9. The van der Waals surface area contributed by atoms with Crippen molar-refractivity contribution < 1.29 is 9.63 Å². The van der Waals surface area contributed by atoms with E-state index in [9.17, 15) is 4.79 Å². The predicted octanol–water partition coefficient (Wildman–Crippen LogP) is 2.00. The Bertz CT molecular complexity index is 486. The molecule has 1 aliphatic carbocycles. The third-order valence-electron chi connectivity index (χ3n) is 3.75. The fraction of sp³-hybridized carbons (Fsp3) is 0.533. The number of carbonyl (C=O) groups excluding carboxylic acids is 1. The van der Waals surface area contributed by atoms with Crippen molar-refractivity contribution in [2.75, 3.05) is 38.5 Å². The van der Waals surface area contributed by atoms with E-state index in [1.165, 1.54) is 0 Å². The SMILES string of the molecule is CN1CCN(Oc2cccc(NC(=O)C3CC3)c2)CC1.Cl. The quantitative estimate of drug-likeness (QED) is 0.924. The Balaban J connectivity index is 0.00000161. The highest BCUT2D eigenvalue weighted by Gasteiger charge is 2.29. The summed E-state index contributed by atoms with van der Waals surface area (Å²) >= 11 is 0. The van der Waals surface area contributed by atoms with Crippen LogP contribution in [0.15, 0.2) is 24.3 Å². The second-order valence-electron chi connectivity index (χ2n) is 5.61. The molecular formula is C15H22ClN3O2. The van der Waals surface area contributed by atoms with E-state index in [0.717, 1.165) is 50.5 Å². The van der Waals surface area contributed by atoms with Crippen LogP contribution in [0.4, 0.5) is 5.69 Å². The van der Waals surface area contributed by atoms with Gasteiger partial charge in [-0.15, -0.1) is 17.5 Å². The molecule has 1 aliphatic heterocycles. The van der Waals surface area contributed by atoms with E-state index in [1.54, 1.807) is 0 Å². The van der Waals surface area contributed by atoms with E-state index in [2.05, 4.69) is 17.3 Å². The van der Waals surface area contributed by atoms with Gasteiger partial charge in [-0.3, -0.25) is 4.79 Å². The number of halogens is 1. The zero-order valence-corrected chi connectivity index (χ0v) is 13.1. The lowest BCUT2D eigenvalue weighted by Crippen LogP contribution is -2.45. The van der Waals surface area contributed by atoms with Gasteiger partial charge < -0.3 is 15.1 Å². The van der Waals surface area contributed by atoms with Gasteiger partial charge in [0.1, 0.15) is 5.75 Å². The molecule has 116 valence electrons. The Morgan fingerprint density at radius 1 is 1.24 bits per heavy atom. The van der Waals surface area contributed by atoms with Crippen molar-refractivity contribution in [3.63, 3.8) is 0 Å². The number of hydrogen-bond acceptors (Lipinski definition) is 4. The first-order chi connectivity index (χ1) is 9.70. The lowest BCUT2D eigenvalue weighted by atomic mass is 10.3. The average Bonchev–Trinajstić information content (AvgIpc) is 3.26. The molecule has 2 aliphatic rings. The number of carbonyl (C=O) groups is 1. The molecule has 1 saturated carbocycles. The van der Waals surface area contributed by atoms with Gasteiger partial charge in [-0.2, -0.15) is 0 Å². The van der Waals surface area contributed by atoms with E-state index in [4.69, 9.17) is 4.84 Å². The molecule has 0 bridgehead atoms. The lowest BCUT2D eigenvalue weighted by Gasteiger charge is -2.31. The topological polar surface area (TPSA) is 44.8 Å². The molecule has 1 aromatic carbocycles. The van der Waals surface area contributed by atoms with E-state index in [0.29, 0.717) is 0 Å². The number of nitrogens with one attached hydrogen (secondary N) is 1. The molecule has 0 radical (unpaired) electrons. The number of piperazine rings is 1. The van der Waals surface area contributed by atoms with Crippen LogP contribution in [0.25, 0.3) is 0 Å². The van der Waals surface area contributed by atoms with Gasteiger partial charge in [0, 0.05) is 43.9 Å². The van der Waals surface area contributed by atoms with Gasteiger partial charge in [0.15, 0.2) is 0 Å². The van der Waals surface area contributed by atoms with E-state index >= 15 is 0 Å². The van der Waals surface area contributed by atoms with Crippen LogP contribution in [0, 0.1) is 5.92 Å². The first-order valence-corrected chi connectivity index (χ1v) is 7.23. The molecule has 21 heavy (non-hydrogen) atoms. The van der Waals surface area contributed by atoms with Crippen LogP contribution in [0.5, 0.6) is 5.75 Å². The van der Waals surface area contributed by atoms with Crippen molar-refractivity contribution >= 4 is 24.0 Å². The monoisotopic (exact) mass is 311 g/mol. The van der Waals surface area contributed by atoms with Crippen molar-refractivity contribution in [2.45, 2.75) is 12.8 Å².